The highest BCUT2D eigenvalue weighted by atomic mass is 16.5. The van der Waals surface area contributed by atoms with Gasteiger partial charge in [-0.3, -0.25) is 4.40 Å². The van der Waals surface area contributed by atoms with E-state index in [9.17, 15) is 4.79 Å². The Morgan fingerprint density at radius 1 is 0.769 bits per heavy atom. The predicted molar refractivity (Wildman–Crippen MR) is 156 cm³/mol. The monoisotopic (exact) mass is 509 g/mol. The molecule has 0 fully saturated rings. The second kappa shape index (κ2) is 10.7. The van der Waals surface area contributed by atoms with Crippen LogP contribution in [0, 0.1) is 6.92 Å². The van der Waals surface area contributed by atoms with Crippen molar-refractivity contribution in [1.82, 2.24) is 9.38 Å². The highest BCUT2D eigenvalue weighted by molar-refractivity contribution is 5.92. The van der Waals surface area contributed by atoms with Gasteiger partial charge in [0.1, 0.15) is 22.9 Å². The van der Waals surface area contributed by atoms with E-state index in [1.807, 2.05) is 104 Å². The summed E-state index contributed by atoms with van der Waals surface area (Å²) < 4.78 is 7.85. The average Bonchev–Trinajstić information content (AvgIpc) is 3.37. The number of rotatable bonds is 7. The zero-order valence-electron chi connectivity index (χ0n) is 21.5. The van der Waals surface area contributed by atoms with Gasteiger partial charge in [0, 0.05) is 18.3 Å². The predicted octanol–water partition coefficient (Wildman–Crippen LogP) is 7.81. The highest BCUT2D eigenvalue weighted by Crippen LogP contribution is 2.32. The van der Waals surface area contributed by atoms with Crippen LogP contribution in [0.25, 0.3) is 28.0 Å². The van der Waals surface area contributed by atoms with Crippen LogP contribution in [-0.2, 0) is 6.54 Å². The zero-order valence-corrected chi connectivity index (χ0v) is 21.5. The van der Waals surface area contributed by atoms with Crippen LogP contribution in [0.5, 0.6) is 5.75 Å². The Labute approximate surface area is 227 Å². The van der Waals surface area contributed by atoms with E-state index >= 15 is 0 Å². The summed E-state index contributed by atoms with van der Waals surface area (Å²) in [5.74, 6) is 0.949. The minimum Gasteiger partial charge on any atom is -0.423 e. The van der Waals surface area contributed by atoms with Crippen LogP contribution >= 0.6 is 0 Å². The number of esters is 1. The van der Waals surface area contributed by atoms with E-state index in [4.69, 9.17) is 9.72 Å². The number of carbonyl (C=O) groups excluding carboxylic acids is 1. The van der Waals surface area contributed by atoms with Crippen molar-refractivity contribution in [2.45, 2.75) is 13.5 Å². The maximum Gasteiger partial charge on any atom is 0.343 e. The molecule has 6 aromatic rings. The number of pyridine rings is 1. The SMILES string of the molecule is Cc1cccn2c(NCc3ccccc3)c(-c3cccc(OC(=O)c4ccc(-c5ccccc5)cc4)c3)nc12. The number of nitrogens with one attached hydrogen (secondary N) is 1. The Balaban J connectivity index is 1.27. The number of carbonyl (C=O) groups is 1. The van der Waals surface area contributed by atoms with Crippen LogP contribution in [0.3, 0.4) is 0 Å². The number of ether oxygens (including phenoxy) is 1. The van der Waals surface area contributed by atoms with E-state index in [1.165, 1.54) is 5.56 Å². The molecule has 190 valence electrons. The van der Waals surface area contributed by atoms with Crippen molar-refractivity contribution in [2.24, 2.45) is 0 Å². The van der Waals surface area contributed by atoms with Crippen LogP contribution in [0.15, 0.2) is 128 Å². The number of aryl methyl sites for hydroxylation is 1. The zero-order chi connectivity index (χ0) is 26.6. The molecule has 0 amide bonds. The van der Waals surface area contributed by atoms with E-state index in [2.05, 4.69) is 21.9 Å². The first-order valence-corrected chi connectivity index (χ1v) is 12.9. The van der Waals surface area contributed by atoms with Gasteiger partial charge < -0.3 is 10.1 Å². The van der Waals surface area contributed by atoms with Gasteiger partial charge in [0.05, 0.1) is 5.56 Å². The normalized spacial score (nSPS) is 10.9. The Kier molecular flexibility index (Phi) is 6.62. The summed E-state index contributed by atoms with van der Waals surface area (Å²) in [4.78, 5) is 17.9. The fraction of sp³-hybridized carbons (Fsp3) is 0.0588. The number of nitrogens with zero attached hydrogens (tertiary/aromatic N) is 2. The molecule has 0 aliphatic carbocycles. The molecule has 0 radical (unpaired) electrons. The van der Waals surface area contributed by atoms with Gasteiger partial charge in [-0.2, -0.15) is 0 Å². The van der Waals surface area contributed by atoms with Crippen molar-refractivity contribution in [1.29, 1.82) is 0 Å². The molecule has 0 spiro atoms. The van der Waals surface area contributed by atoms with Gasteiger partial charge in [-0.1, -0.05) is 91.0 Å². The minimum absolute atomic E-state index is 0.403. The van der Waals surface area contributed by atoms with Crippen LogP contribution in [0.2, 0.25) is 0 Å². The summed E-state index contributed by atoms with van der Waals surface area (Å²) in [6, 6.07) is 39.4. The second-order valence-corrected chi connectivity index (χ2v) is 9.39. The largest absolute Gasteiger partial charge is 0.423 e. The van der Waals surface area contributed by atoms with Crippen LogP contribution in [-0.4, -0.2) is 15.4 Å². The minimum atomic E-state index is -0.403. The van der Waals surface area contributed by atoms with Gasteiger partial charge >= 0.3 is 5.97 Å². The average molecular weight is 510 g/mol. The summed E-state index contributed by atoms with van der Waals surface area (Å²) in [5.41, 5.74) is 7.43. The second-order valence-electron chi connectivity index (χ2n) is 9.39. The van der Waals surface area contributed by atoms with E-state index in [0.717, 1.165) is 39.4 Å². The van der Waals surface area contributed by atoms with Crippen molar-refractivity contribution in [3.8, 4) is 28.1 Å². The molecule has 0 atom stereocenters. The Hall–Kier alpha value is -5.16. The maximum atomic E-state index is 13.0. The van der Waals surface area contributed by atoms with Gasteiger partial charge in [-0.25, -0.2) is 9.78 Å². The molecule has 0 aliphatic rings. The van der Waals surface area contributed by atoms with E-state index < -0.39 is 5.97 Å². The fourth-order valence-electron chi connectivity index (χ4n) is 4.66. The van der Waals surface area contributed by atoms with Gasteiger partial charge in [0.25, 0.3) is 0 Å². The van der Waals surface area contributed by atoms with Crippen LogP contribution in [0.4, 0.5) is 5.82 Å². The molecule has 5 nitrogen and oxygen atoms in total. The quantitative estimate of drug-likeness (QED) is 0.176. The van der Waals surface area contributed by atoms with Crippen molar-refractivity contribution in [3.05, 3.63) is 144 Å². The van der Waals surface area contributed by atoms with Crippen LogP contribution < -0.4 is 10.1 Å². The summed E-state index contributed by atoms with van der Waals surface area (Å²) in [6.45, 7) is 2.71. The molecule has 0 unspecified atom stereocenters. The van der Waals surface area contributed by atoms with Crippen molar-refractivity contribution in [3.63, 3.8) is 0 Å². The molecule has 1 N–H and O–H groups in total. The summed E-state index contributed by atoms with van der Waals surface area (Å²) in [7, 11) is 0. The molecule has 0 aliphatic heterocycles. The lowest BCUT2D eigenvalue weighted by Crippen LogP contribution is -2.08. The number of imidazole rings is 1. The molecular formula is C34H27N3O2. The molecule has 0 saturated carbocycles. The first-order valence-electron chi connectivity index (χ1n) is 12.9. The van der Waals surface area contributed by atoms with Crippen LogP contribution in [0.1, 0.15) is 21.5 Å². The molecule has 0 bridgehead atoms. The lowest BCUT2D eigenvalue weighted by atomic mass is 10.0. The third-order valence-electron chi connectivity index (χ3n) is 6.69. The fourth-order valence-corrected chi connectivity index (χ4v) is 4.66. The van der Waals surface area contributed by atoms with Gasteiger partial charge in [-0.15, -0.1) is 0 Å². The van der Waals surface area contributed by atoms with Gasteiger partial charge in [-0.05, 0) is 59.5 Å². The Morgan fingerprint density at radius 3 is 2.23 bits per heavy atom. The number of anilines is 1. The molecule has 5 heteroatoms. The molecular weight excluding hydrogens is 482 g/mol. The molecule has 6 rings (SSSR count). The topological polar surface area (TPSA) is 55.6 Å². The Morgan fingerprint density at radius 2 is 1.46 bits per heavy atom. The maximum absolute atomic E-state index is 13.0. The molecule has 0 saturated heterocycles. The van der Waals surface area contributed by atoms with E-state index in [-0.39, 0.29) is 0 Å². The lowest BCUT2D eigenvalue weighted by molar-refractivity contribution is 0.0735. The first kappa shape index (κ1) is 24.2. The number of fused-ring (bicyclic) bond motifs is 1. The third kappa shape index (κ3) is 5.15. The molecule has 2 heterocycles. The highest BCUT2D eigenvalue weighted by Gasteiger charge is 2.17. The first-order chi connectivity index (χ1) is 19.2. The van der Waals surface area contributed by atoms with Crippen molar-refractivity contribution >= 4 is 17.4 Å². The molecule has 4 aromatic carbocycles. The summed E-state index contributed by atoms with van der Waals surface area (Å²) >= 11 is 0. The Bertz CT molecular complexity index is 1740. The van der Waals surface area contributed by atoms with Gasteiger partial charge in [0.2, 0.25) is 0 Å². The lowest BCUT2D eigenvalue weighted by Gasteiger charge is -2.10. The summed E-state index contributed by atoms with van der Waals surface area (Å²) in [6.07, 6.45) is 2.01. The third-order valence-corrected chi connectivity index (χ3v) is 6.69. The van der Waals surface area contributed by atoms with E-state index in [0.29, 0.717) is 17.9 Å². The number of aromatic nitrogens is 2. The molecule has 39 heavy (non-hydrogen) atoms. The van der Waals surface area contributed by atoms with Gasteiger partial charge in [0.15, 0.2) is 0 Å². The number of hydrogen-bond acceptors (Lipinski definition) is 4. The van der Waals surface area contributed by atoms with E-state index in [1.54, 1.807) is 18.2 Å². The number of benzene rings is 4. The standard InChI is InChI=1S/C34H27N3O2/c1-24-10-9-21-37-32(24)36-31(33(37)35-23-25-11-4-2-5-12-25)29-15-8-16-30(22-29)39-34(38)28-19-17-27(18-20-28)26-13-6-3-7-14-26/h2-22,35H,23H2,1H3. The number of hydrogen-bond donors (Lipinski definition) is 1. The molecule has 2 aromatic heterocycles. The smallest absolute Gasteiger partial charge is 0.343 e. The van der Waals surface area contributed by atoms with Crippen molar-refractivity contribution < 1.29 is 9.53 Å². The van der Waals surface area contributed by atoms with Crippen molar-refractivity contribution in [2.75, 3.05) is 5.32 Å². The summed E-state index contributed by atoms with van der Waals surface area (Å²) in [5, 5.41) is 3.58.